The number of benzene rings is 2. The topological polar surface area (TPSA) is 90.7 Å². The molecule has 0 spiro atoms. The highest BCUT2D eigenvalue weighted by atomic mass is 32.2. The van der Waals surface area contributed by atoms with E-state index in [4.69, 9.17) is 4.99 Å². The molecule has 0 bridgehead atoms. The quantitative estimate of drug-likeness (QED) is 0.526. The van der Waals surface area contributed by atoms with Gasteiger partial charge in [-0.3, -0.25) is 19.3 Å². The summed E-state index contributed by atoms with van der Waals surface area (Å²) in [7, 11) is 4.01. The molecule has 2 heterocycles. The summed E-state index contributed by atoms with van der Waals surface area (Å²) >= 11 is 1.70. The van der Waals surface area contributed by atoms with Gasteiger partial charge >= 0.3 is 5.69 Å². The third kappa shape index (κ3) is 4.67. The van der Waals surface area contributed by atoms with Crippen molar-refractivity contribution in [1.82, 2.24) is 9.55 Å². The molecular weight excluding hydrogens is 460 g/mol. The Morgan fingerprint density at radius 2 is 1.74 bits per heavy atom. The Bertz CT molecular complexity index is 1370. The summed E-state index contributed by atoms with van der Waals surface area (Å²) in [4.78, 5) is 36.2. The molecule has 0 radical (unpaired) electrons. The molecule has 3 aromatic rings. The molecule has 1 aliphatic carbocycles. The zero-order chi connectivity index (χ0) is 24.5. The Hall–Kier alpha value is -3.26. The lowest BCUT2D eigenvalue weighted by Crippen LogP contribution is -2.36. The number of aromatic amines is 1. The number of nitrogens with one attached hydrogen (secondary N) is 1. The SMILES string of the molecule is CN(C)c1ccc(C2CC(c3c(O)n(C4CCCCC4)c(=O)[nH]c3=O)=Nc3ccccc3S2)cc1. The van der Waals surface area contributed by atoms with Crippen LogP contribution in [0.2, 0.25) is 0 Å². The number of rotatable bonds is 4. The van der Waals surface area contributed by atoms with Gasteiger partial charge < -0.3 is 10.0 Å². The van der Waals surface area contributed by atoms with Gasteiger partial charge in [0.1, 0.15) is 5.56 Å². The number of hydrogen-bond donors (Lipinski definition) is 2. The van der Waals surface area contributed by atoms with Crippen molar-refractivity contribution in [2.24, 2.45) is 4.99 Å². The van der Waals surface area contributed by atoms with E-state index in [9.17, 15) is 14.7 Å². The summed E-state index contributed by atoms with van der Waals surface area (Å²) in [6, 6.07) is 16.1. The summed E-state index contributed by atoms with van der Waals surface area (Å²) in [5.41, 5.74) is 2.42. The lowest BCUT2D eigenvalue weighted by atomic mass is 9.95. The van der Waals surface area contributed by atoms with Crippen molar-refractivity contribution < 1.29 is 5.11 Å². The molecule has 1 fully saturated rings. The summed E-state index contributed by atoms with van der Waals surface area (Å²) in [6.45, 7) is 0. The molecule has 2 N–H and O–H groups in total. The van der Waals surface area contributed by atoms with Crippen LogP contribution >= 0.6 is 11.8 Å². The average Bonchev–Trinajstić information content (AvgIpc) is 3.04. The van der Waals surface area contributed by atoms with Gasteiger partial charge in [0, 0.05) is 42.4 Å². The van der Waals surface area contributed by atoms with Crippen molar-refractivity contribution >= 4 is 28.8 Å². The summed E-state index contributed by atoms with van der Waals surface area (Å²) in [5.74, 6) is -0.268. The first kappa shape index (κ1) is 23.5. The Morgan fingerprint density at radius 1 is 1.03 bits per heavy atom. The zero-order valence-electron chi connectivity index (χ0n) is 20.0. The Labute approximate surface area is 208 Å². The van der Waals surface area contributed by atoms with E-state index in [1.807, 2.05) is 38.4 Å². The van der Waals surface area contributed by atoms with E-state index in [1.165, 1.54) is 4.57 Å². The molecule has 8 heteroatoms. The van der Waals surface area contributed by atoms with E-state index >= 15 is 0 Å². The van der Waals surface area contributed by atoms with Gasteiger partial charge in [-0.2, -0.15) is 0 Å². The predicted molar refractivity (Wildman–Crippen MR) is 142 cm³/mol. The first-order chi connectivity index (χ1) is 16.9. The third-order valence-corrected chi connectivity index (χ3v) is 8.22. The minimum Gasteiger partial charge on any atom is -0.494 e. The number of thioether (sulfide) groups is 1. The molecule has 35 heavy (non-hydrogen) atoms. The predicted octanol–water partition coefficient (Wildman–Crippen LogP) is 5.17. The van der Waals surface area contributed by atoms with Crippen molar-refractivity contribution in [2.75, 3.05) is 19.0 Å². The summed E-state index contributed by atoms with van der Waals surface area (Å²) in [5, 5.41) is 11.3. The normalized spacial score (nSPS) is 18.5. The van der Waals surface area contributed by atoms with E-state index in [1.54, 1.807) is 11.8 Å². The van der Waals surface area contributed by atoms with Crippen LogP contribution in [0.3, 0.4) is 0 Å². The zero-order valence-corrected chi connectivity index (χ0v) is 20.8. The molecule has 5 rings (SSSR count). The molecule has 1 aromatic heterocycles. The highest BCUT2D eigenvalue weighted by molar-refractivity contribution is 7.99. The third-order valence-electron chi connectivity index (χ3n) is 6.90. The first-order valence-corrected chi connectivity index (χ1v) is 13.0. The summed E-state index contributed by atoms with van der Waals surface area (Å²) in [6.07, 6.45) is 5.19. The van der Waals surface area contributed by atoms with Crippen LogP contribution in [0.15, 0.2) is 68.0 Å². The smallest absolute Gasteiger partial charge is 0.331 e. The number of aromatic hydroxyl groups is 1. The molecule has 1 aliphatic heterocycles. The van der Waals surface area contributed by atoms with E-state index in [0.29, 0.717) is 12.1 Å². The maximum Gasteiger partial charge on any atom is 0.331 e. The molecule has 1 unspecified atom stereocenters. The summed E-state index contributed by atoms with van der Waals surface area (Å²) < 4.78 is 1.38. The van der Waals surface area contributed by atoms with Crippen molar-refractivity contribution in [3.8, 4) is 5.88 Å². The highest BCUT2D eigenvalue weighted by Gasteiger charge is 2.29. The lowest BCUT2D eigenvalue weighted by molar-refractivity contribution is 0.298. The minimum atomic E-state index is -0.593. The Kier molecular flexibility index (Phi) is 6.56. The van der Waals surface area contributed by atoms with Crippen LogP contribution in [0.5, 0.6) is 5.88 Å². The maximum absolute atomic E-state index is 13.1. The van der Waals surface area contributed by atoms with Gasteiger partial charge in [0.05, 0.1) is 11.4 Å². The number of aliphatic imine (C=N–C) groups is 1. The number of H-pyrrole nitrogens is 1. The standard InChI is InChI=1S/C27H30N4O3S/c1-30(2)18-14-12-17(13-15-18)23-16-21(28-20-10-6-7-11-22(20)35-23)24-25(32)29-27(34)31(26(24)33)19-8-4-3-5-9-19/h6-7,10-15,19,23,33H,3-5,8-9,16H2,1-2H3,(H,29,32,34). The van der Waals surface area contributed by atoms with Crippen molar-refractivity contribution in [2.45, 2.75) is 54.7 Å². The van der Waals surface area contributed by atoms with Crippen LogP contribution < -0.4 is 16.1 Å². The number of aromatic nitrogens is 2. The largest absolute Gasteiger partial charge is 0.494 e. The second-order valence-electron chi connectivity index (χ2n) is 9.44. The van der Waals surface area contributed by atoms with Gasteiger partial charge in [-0.1, -0.05) is 43.5 Å². The second-order valence-corrected chi connectivity index (χ2v) is 10.7. The van der Waals surface area contributed by atoms with Gasteiger partial charge in [0.2, 0.25) is 5.88 Å². The fourth-order valence-corrected chi connectivity index (χ4v) is 6.25. The fourth-order valence-electron chi connectivity index (χ4n) is 5.02. The molecule has 182 valence electrons. The number of nitrogens with zero attached hydrogens (tertiary/aromatic N) is 3. The Morgan fingerprint density at radius 3 is 2.46 bits per heavy atom. The van der Waals surface area contributed by atoms with Crippen LogP contribution in [-0.4, -0.2) is 34.5 Å². The van der Waals surface area contributed by atoms with Gasteiger partial charge in [-0.15, -0.1) is 11.8 Å². The average molecular weight is 491 g/mol. The first-order valence-electron chi connectivity index (χ1n) is 12.1. The van der Waals surface area contributed by atoms with Gasteiger partial charge in [0.15, 0.2) is 0 Å². The van der Waals surface area contributed by atoms with Crippen molar-refractivity contribution in [3.63, 3.8) is 0 Å². The second kappa shape index (κ2) is 9.77. The van der Waals surface area contributed by atoms with Crippen LogP contribution in [0.4, 0.5) is 11.4 Å². The van der Waals surface area contributed by atoms with E-state index < -0.39 is 11.2 Å². The maximum atomic E-state index is 13.1. The Balaban J connectivity index is 1.62. The fraction of sp³-hybridized carbons (Fsp3) is 0.370. The molecule has 2 aliphatic rings. The van der Waals surface area contributed by atoms with E-state index in [-0.39, 0.29) is 22.7 Å². The number of para-hydroxylation sites is 1. The van der Waals surface area contributed by atoms with Gasteiger partial charge in [-0.25, -0.2) is 4.79 Å². The molecule has 0 amide bonds. The molecule has 1 saturated carbocycles. The molecule has 1 atom stereocenters. The van der Waals surface area contributed by atoms with E-state index in [2.05, 4.69) is 34.1 Å². The molecule has 0 saturated heterocycles. The van der Waals surface area contributed by atoms with Crippen LogP contribution in [0, 0.1) is 0 Å². The molecular formula is C27H30N4O3S. The van der Waals surface area contributed by atoms with Crippen LogP contribution in [-0.2, 0) is 0 Å². The number of fused-ring (bicyclic) bond motifs is 1. The molecule has 2 aromatic carbocycles. The number of hydrogen-bond acceptors (Lipinski definition) is 6. The lowest BCUT2D eigenvalue weighted by Gasteiger charge is -2.25. The van der Waals surface area contributed by atoms with E-state index in [0.717, 1.165) is 53.9 Å². The minimum absolute atomic E-state index is 0.0116. The van der Waals surface area contributed by atoms with Gasteiger partial charge in [-0.05, 0) is 42.7 Å². The van der Waals surface area contributed by atoms with Crippen molar-refractivity contribution in [3.05, 3.63) is 80.5 Å². The van der Waals surface area contributed by atoms with Crippen molar-refractivity contribution in [1.29, 1.82) is 0 Å². The van der Waals surface area contributed by atoms with Crippen LogP contribution in [0.25, 0.3) is 0 Å². The number of anilines is 1. The monoisotopic (exact) mass is 490 g/mol. The van der Waals surface area contributed by atoms with Gasteiger partial charge in [0.25, 0.3) is 5.56 Å². The molecule has 7 nitrogen and oxygen atoms in total. The highest BCUT2D eigenvalue weighted by Crippen LogP contribution is 2.46. The van der Waals surface area contributed by atoms with Crippen LogP contribution in [0.1, 0.15) is 60.9 Å².